The second-order valence-electron chi connectivity index (χ2n) is 6.30. The van der Waals surface area contributed by atoms with Crippen LogP contribution in [0.4, 0.5) is 4.79 Å². The average Bonchev–Trinajstić information content (AvgIpc) is 2.72. The Balaban J connectivity index is 2.46. The number of nitrogens with one attached hydrogen (secondary N) is 2. The molecule has 1 rings (SSSR count). The first kappa shape index (κ1) is 23.4. The van der Waals surface area contributed by atoms with Crippen LogP contribution in [0, 0.1) is 0 Å². The van der Waals surface area contributed by atoms with Gasteiger partial charge >= 0.3 is 12.1 Å². The summed E-state index contributed by atoms with van der Waals surface area (Å²) in [5.41, 5.74) is 0.830. The lowest BCUT2D eigenvalue weighted by Crippen LogP contribution is -2.47. The average molecular weight is 394 g/mol. The Morgan fingerprint density at radius 1 is 1.07 bits per heavy atom. The molecular formula is C20H30N2O6. The molecule has 0 aliphatic heterocycles. The molecule has 0 aliphatic rings. The lowest BCUT2D eigenvalue weighted by atomic mass is 10.1. The van der Waals surface area contributed by atoms with Crippen LogP contribution in [-0.2, 0) is 25.7 Å². The number of carbonyl (C=O) groups excluding carboxylic acids is 3. The molecule has 8 nitrogen and oxygen atoms in total. The van der Waals surface area contributed by atoms with Crippen molar-refractivity contribution in [2.24, 2.45) is 0 Å². The number of methoxy groups -OCH3 is 1. The van der Waals surface area contributed by atoms with Crippen molar-refractivity contribution in [2.45, 2.75) is 51.2 Å². The smallest absolute Gasteiger partial charge is 0.408 e. The Labute approximate surface area is 165 Å². The van der Waals surface area contributed by atoms with Crippen LogP contribution in [-0.4, -0.2) is 49.4 Å². The number of carbonyl (C=O) groups is 3. The second kappa shape index (κ2) is 14.4. The predicted molar refractivity (Wildman–Crippen MR) is 103 cm³/mol. The van der Waals surface area contributed by atoms with Crippen molar-refractivity contribution in [3.63, 3.8) is 0 Å². The van der Waals surface area contributed by atoms with Crippen molar-refractivity contribution in [3.8, 4) is 0 Å². The highest BCUT2D eigenvalue weighted by molar-refractivity contribution is 5.86. The number of ether oxygens (including phenoxy) is 2. The van der Waals surface area contributed by atoms with Gasteiger partial charge in [0.2, 0.25) is 5.91 Å². The number of amides is 2. The Kier molecular flexibility index (Phi) is 12.1. The minimum absolute atomic E-state index is 0.00402. The predicted octanol–water partition coefficient (Wildman–Crippen LogP) is 1.90. The number of rotatable bonds is 13. The van der Waals surface area contributed by atoms with Gasteiger partial charge in [-0.1, -0.05) is 43.2 Å². The van der Waals surface area contributed by atoms with Gasteiger partial charge in [-0.05, 0) is 24.8 Å². The molecule has 0 aliphatic carbocycles. The summed E-state index contributed by atoms with van der Waals surface area (Å²) in [5, 5.41) is 14.0. The normalized spacial score (nSPS) is 11.4. The van der Waals surface area contributed by atoms with Crippen molar-refractivity contribution in [1.82, 2.24) is 10.6 Å². The molecule has 0 saturated carbocycles. The summed E-state index contributed by atoms with van der Waals surface area (Å²) in [6.45, 7) is 0.708. The summed E-state index contributed by atoms with van der Waals surface area (Å²) < 4.78 is 9.73. The van der Waals surface area contributed by atoms with E-state index in [-0.39, 0.29) is 32.0 Å². The van der Waals surface area contributed by atoms with Crippen LogP contribution in [0.25, 0.3) is 0 Å². The molecule has 0 radical (unpaired) electrons. The zero-order valence-electron chi connectivity index (χ0n) is 16.3. The molecule has 0 saturated heterocycles. The number of esters is 1. The first-order chi connectivity index (χ1) is 13.6. The standard InChI is InChI=1S/C20H30N2O6/c1-27-18(24)12-11-17(19(25)21-13-7-2-3-8-14-23)22-20(26)28-15-16-9-5-4-6-10-16/h4-6,9-10,17,23H,2-3,7-8,11-15H2,1H3,(H,21,25)(H,22,26)/t17-/m0/s1. The first-order valence-corrected chi connectivity index (χ1v) is 9.49. The highest BCUT2D eigenvalue weighted by atomic mass is 16.5. The highest BCUT2D eigenvalue weighted by Gasteiger charge is 2.22. The fourth-order valence-electron chi connectivity index (χ4n) is 2.47. The van der Waals surface area contributed by atoms with E-state index in [1.165, 1.54) is 7.11 Å². The third kappa shape index (κ3) is 10.5. The summed E-state index contributed by atoms with van der Waals surface area (Å²) in [6, 6.07) is 8.30. The summed E-state index contributed by atoms with van der Waals surface area (Å²) in [5.74, 6) is -0.830. The van der Waals surface area contributed by atoms with Gasteiger partial charge in [-0.2, -0.15) is 0 Å². The number of alkyl carbamates (subject to hydrolysis) is 1. The topological polar surface area (TPSA) is 114 Å². The minimum atomic E-state index is -0.889. The Bertz CT molecular complexity index is 594. The molecular weight excluding hydrogens is 364 g/mol. The highest BCUT2D eigenvalue weighted by Crippen LogP contribution is 2.04. The van der Waals surface area contributed by atoms with E-state index in [2.05, 4.69) is 15.4 Å². The minimum Gasteiger partial charge on any atom is -0.469 e. The van der Waals surface area contributed by atoms with E-state index in [9.17, 15) is 14.4 Å². The molecule has 0 heterocycles. The Morgan fingerprint density at radius 2 is 1.79 bits per heavy atom. The molecule has 28 heavy (non-hydrogen) atoms. The van der Waals surface area contributed by atoms with Gasteiger partial charge in [0, 0.05) is 19.6 Å². The zero-order chi connectivity index (χ0) is 20.6. The van der Waals surface area contributed by atoms with E-state index in [1.54, 1.807) is 0 Å². The Hall–Kier alpha value is -2.61. The maximum absolute atomic E-state index is 12.4. The number of hydrogen-bond donors (Lipinski definition) is 3. The van der Waals surface area contributed by atoms with Gasteiger partial charge in [0.25, 0.3) is 0 Å². The maximum Gasteiger partial charge on any atom is 0.408 e. The number of unbranched alkanes of at least 4 members (excludes halogenated alkanes) is 3. The number of aliphatic hydroxyl groups is 1. The monoisotopic (exact) mass is 394 g/mol. The van der Waals surface area contributed by atoms with E-state index in [4.69, 9.17) is 9.84 Å². The Morgan fingerprint density at radius 3 is 2.46 bits per heavy atom. The largest absolute Gasteiger partial charge is 0.469 e. The van der Waals surface area contributed by atoms with E-state index in [0.717, 1.165) is 31.2 Å². The molecule has 8 heteroatoms. The molecule has 0 fully saturated rings. The van der Waals surface area contributed by atoms with E-state index in [0.29, 0.717) is 6.54 Å². The first-order valence-electron chi connectivity index (χ1n) is 9.49. The molecule has 1 aromatic carbocycles. The third-order valence-corrected chi connectivity index (χ3v) is 4.07. The van der Waals surface area contributed by atoms with Gasteiger partial charge in [0.15, 0.2) is 0 Å². The third-order valence-electron chi connectivity index (χ3n) is 4.07. The van der Waals surface area contributed by atoms with Gasteiger partial charge < -0.3 is 25.2 Å². The lowest BCUT2D eigenvalue weighted by molar-refractivity contribution is -0.140. The summed E-state index contributed by atoms with van der Waals surface area (Å²) in [4.78, 5) is 35.8. The van der Waals surface area contributed by atoms with Crippen LogP contribution in [0.5, 0.6) is 0 Å². The van der Waals surface area contributed by atoms with E-state index >= 15 is 0 Å². The maximum atomic E-state index is 12.4. The van der Waals surface area contributed by atoms with Gasteiger partial charge in [-0.15, -0.1) is 0 Å². The van der Waals surface area contributed by atoms with Crippen LogP contribution >= 0.6 is 0 Å². The van der Waals surface area contributed by atoms with Gasteiger partial charge in [-0.3, -0.25) is 9.59 Å². The van der Waals surface area contributed by atoms with Gasteiger partial charge in [-0.25, -0.2) is 4.79 Å². The summed E-state index contributed by atoms with van der Waals surface area (Å²) >= 11 is 0. The van der Waals surface area contributed by atoms with Crippen molar-refractivity contribution in [2.75, 3.05) is 20.3 Å². The van der Waals surface area contributed by atoms with Crippen LogP contribution in [0.3, 0.4) is 0 Å². The summed E-state index contributed by atoms with van der Waals surface area (Å²) in [6.07, 6.45) is 2.69. The number of benzene rings is 1. The summed E-state index contributed by atoms with van der Waals surface area (Å²) in [7, 11) is 1.27. The van der Waals surface area contributed by atoms with E-state index < -0.39 is 18.1 Å². The molecule has 0 spiro atoms. The fourth-order valence-corrected chi connectivity index (χ4v) is 2.47. The number of aliphatic hydroxyl groups excluding tert-OH is 1. The quantitative estimate of drug-likeness (QED) is 0.348. The van der Waals surface area contributed by atoms with Crippen LogP contribution in [0.1, 0.15) is 44.1 Å². The molecule has 0 bridgehead atoms. The lowest BCUT2D eigenvalue weighted by Gasteiger charge is -2.18. The zero-order valence-corrected chi connectivity index (χ0v) is 16.3. The molecule has 0 unspecified atom stereocenters. The van der Waals surface area contributed by atoms with Gasteiger partial charge in [0.05, 0.1) is 7.11 Å². The SMILES string of the molecule is COC(=O)CC[C@H](NC(=O)OCc1ccccc1)C(=O)NCCCCCCO. The fraction of sp³-hybridized carbons (Fsp3) is 0.550. The molecule has 0 aromatic heterocycles. The second-order valence-corrected chi connectivity index (χ2v) is 6.30. The number of hydrogen-bond acceptors (Lipinski definition) is 6. The van der Waals surface area contributed by atoms with Crippen LogP contribution in [0.2, 0.25) is 0 Å². The van der Waals surface area contributed by atoms with Crippen molar-refractivity contribution in [1.29, 1.82) is 0 Å². The molecule has 3 N–H and O–H groups in total. The van der Waals surface area contributed by atoms with Crippen molar-refractivity contribution >= 4 is 18.0 Å². The van der Waals surface area contributed by atoms with Gasteiger partial charge in [0.1, 0.15) is 12.6 Å². The molecule has 1 aromatic rings. The molecule has 1 atom stereocenters. The van der Waals surface area contributed by atoms with Crippen LogP contribution < -0.4 is 10.6 Å². The van der Waals surface area contributed by atoms with Crippen molar-refractivity contribution in [3.05, 3.63) is 35.9 Å². The van der Waals surface area contributed by atoms with E-state index in [1.807, 2.05) is 30.3 Å². The van der Waals surface area contributed by atoms with Crippen LogP contribution in [0.15, 0.2) is 30.3 Å². The molecule has 2 amide bonds. The molecule has 156 valence electrons. The van der Waals surface area contributed by atoms with Crippen molar-refractivity contribution < 1.29 is 29.0 Å².